The van der Waals surface area contributed by atoms with Gasteiger partial charge < -0.3 is 10.0 Å². The fourth-order valence-electron chi connectivity index (χ4n) is 1.58. The number of carbonyl (C=O) groups excluding carboxylic acids is 1. The van der Waals surface area contributed by atoms with Crippen LogP contribution >= 0.6 is 0 Å². The molecular formula is C11H13N3O4. The number of aromatic nitrogens is 2. The van der Waals surface area contributed by atoms with Gasteiger partial charge in [-0.1, -0.05) is 0 Å². The summed E-state index contributed by atoms with van der Waals surface area (Å²) in [6.07, 6.45) is 1.94. The summed E-state index contributed by atoms with van der Waals surface area (Å²) < 4.78 is 0.880. The molecule has 1 saturated carbocycles. The van der Waals surface area contributed by atoms with E-state index >= 15 is 0 Å². The lowest BCUT2D eigenvalue weighted by atomic mass is 10.4. The Hall–Kier alpha value is -2.18. The zero-order chi connectivity index (χ0) is 13.3. The maximum Gasteiger partial charge on any atom is 0.356 e. The highest BCUT2D eigenvalue weighted by atomic mass is 16.4. The van der Waals surface area contributed by atoms with Crippen LogP contribution in [0.25, 0.3) is 0 Å². The first-order valence-corrected chi connectivity index (χ1v) is 5.56. The summed E-state index contributed by atoms with van der Waals surface area (Å²) in [6, 6.07) is 2.47. The van der Waals surface area contributed by atoms with E-state index in [2.05, 4.69) is 5.10 Å². The lowest BCUT2D eigenvalue weighted by Crippen LogP contribution is -2.36. The van der Waals surface area contributed by atoms with E-state index in [4.69, 9.17) is 5.11 Å². The van der Waals surface area contributed by atoms with E-state index in [1.807, 2.05) is 0 Å². The lowest BCUT2D eigenvalue weighted by Gasteiger charge is -2.16. The molecular weight excluding hydrogens is 238 g/mol. The molecule has 96 valence electrons. The van der Waals surface area contributed by atoms with E-state index in [0.29, 0.717) is 0 Å². The number of carboxylic acids is 1. The Bertz CT molecular complexity index is 547. The first-order valence-electron chi connectivity index (χ1n) is 5.56. The predicted octanol–water partition coefficient (Wildman–Crippen LogP) is -0.438. The van der Waals surface area contributed by atoms with Crippen LogP contribution in [0, 0.1) is 0 Å². The van der Waals surface area contributed by atoms with Crippen molar-refractivity contribution in [3.8, 4) is 0 Å². The lowest BCUT2D eigenvalue weighted by molar-refractivity contribution is -0.131. The molecule has 7 heteroatoms. The van der Waals surface area contributed by atoms with Gasteiger partial charge in [-0.2, -0.15) is 5.10 Å². The molecule has 0 atom stereocenters. The maximum absolute atomic E-state index is 11.8. The summed E-state index contributed by atoms with van der Waals surface area (Å²) in [5.41, 5.74) is -0.742. The SMILES string of the molecule is CN(C(=O)Cn1nc(C(=O)O)ccc1=O)C1CC1. The van der Waals surface area contributed by atoms with Crippen molar-refractivity contribution in [1.82, 2.24) is 14.7 Å². The standard InChI is InChI=1S/C11H13N3O4/c1-13(7-2-3-7)10(16)6-14-9(15)5-4-8(12-14)11(17)18/h4-5,7H,2-3,6H2,1H3,(H,17,18). The summed E-state index contributed by atoms with van der Waals surface area (Å²) in [7, 11) is 1.67. The number of nitrogens with zero attached hydrogens (tertiary/aromatic N) is 3. The Balaban J connectivity index is 2.17. The fourth-order valence-corrected chi connectivity index (χ4v) is 1.58. The van der Waals surface area contributed by atoms with Gasteiger partial charge in [0.2, 0.25) is 5.91 Å². The van der Waals surface area contributed by atoms with Gasteiger partial charge in [-0.15, -0.1) is 0 Å². The molecule has 1 aliphatic rings. The Kier molecular flexibility index (Phi) is 3.14. The van der Waals surface area contributed by atoms with Gasteiger partial charge in [0.1, 0.15) is 6.54 Å². The van der Waals surface area contributed by atoms with Crippen LogP contribution in [0.3, 0.4) is 0 Å². The van der Waals surface area contributed by atoms with Crippen LogP contribution in [0.2, 0.25) is 0 Å². The molecule has 2 rings (SSSR count). The van der Waals surface area contributed by atoms with E-state index in [-0.39, 0.29) is 24.2 Å². The van der Waals surface area contributed by atoms with E-state index < -0.39 is 11.5 Å². The number of likely N-dealkylation sites (N-methyl/N-ethyl adjacent to an activating group) is 1. The molecule has 1 aromatic rings. The number of rotatable bonds is 4. The number of aromatic carboxylic acids is 1. The minimum Gasteiger partial charge on any atom is -0.476 e. The molecule has 1 aromatic heterocycles. The van der Waals surface area contributed by atoms with E-state index in [1.165, 1.54) is 0 Å². The predicted molar refractivity (Wildman–Crippen MR) is 61.2 cm³/mol. The molecule has 0 aromatic carbocycles. The molecule has 0 saturated heterocycles. The number of hydrogen-bond donors (Lipinski definition) is 1. The monoisotopic (exact) mass is 251 g/mol. The minimum atomic E-state index is -1.23. The number of amides is 1. The molecule has 0 bridgehead atoms. The van der Waals surface area contributed by atoms with Crippen LogP contribution in [0.4, 0.5) is 0 Å². The summed E-state index contributed by atoms with van der Waals surface area (Å²) in [6.45, 7) is -0.229. The van der Waals surface area contributed by atoms with Gasteiger partial charge in [0, 0.05) is 19.2 Å². The minimum absolute atomic E-state index is 0.229. The van der Waals surface area contributed by atoms with E-state index in [1.54, 1.807) is 11.9 Å². The maximum atomic E-state index is 11.8. The summed E-state index contributed by atoms with van der Waals surface area (Å²) in [4.78, 5) is 35.6. The molecule has 1 N–H and O–H groups in total. The van der Waals surface area contributed by atoms with Crippen LogP contribution in [-0.4, -0.2) is 44.8 Å². The van der Waals surface area contributed by atoms with Gasteiger partial charge in [-0.05, 0) is 18.9 Å². The summed E-state index contributed by atoms with van der Waals surface area (Å²) in [5, 5.41) is 12.4. The Labute approximate surface area is 103 Å². The van der Waals surface area contributed by atoms with E-state index in [9.17, 15) is 14.4 Å². The van der Waals surface area contributed by atoms with Gasteiger partial charge in [0.05, 0.1) is 0 Å². The molecule has 18 heavy (non-hydrogen) atoms. The van der Waals surface area contributed by atoms with Crippen molar-refractivity contribution in [3.63, 3.8) is 0 Å². The van der Waals surface area contributed by atoms with Crippen molar-refractivity contribution in [2.45, 2.75) is 25.4 Å². The zero-order valence-electron chi connectivity index (χ0n) is 9.87. The highest BCUT2D eigenvalue weighted by Crippen LogP contribution is 2.25. The molecule has 0 spiro atoms. The molecule has 1 heterocycles. The second kappa shape index (κ2) is 4.59. The fraction of sp³-hybridized carbons (Fsp3) is 0.455. The quantitative estimate of drug-likeness (QED) is 0.783. The van der Waals surface area contributed by atoms with Crippen molar-refractivity contribution in [2.24, 2.45) is 0 Å². The van der Waals surface area contributed by atoms with Gasteiger partial charge in [-0.25, -0.2) is 9.48 Å². The molecule has 1 amide bonds. The highest BCUT2D eigenvalue weighted by molar-refractivity contribution is 5.85. The smallest absolute Gasteiger partial charge is 0.356 e. The highest BCUT2D eigenvalue weighted by Gasteiger charge is 2.29. The van der Waals surface area contributed by atoms with Crippen molar-refractivity contribution in [2.75, 3.05) is 7.05 Å². The van der Waals surface area contributed by atoms with Crippen molar-refractivity contribution in [3.05, 3.63) is 28.2 Å². The summed E-state index contributed by atoms with van der Waals surface area (Å²) in [5.74, 6) is -1.47. The zero-order valence-corrected chi connectivity index (χ0v) is 9.87. The first kappa shape index (κ1) is 12.3. The third-order valence-corrected chi connectivity index (χ3v) is 2.86. The molecule has 0 aliphatic heterocycles. The van der Waals surface area contributed by atoms with Crippen LogP contribution in [-0.2, 0) is 11.3 Å². The van der Waals surface area contributed by atoms with Crippen molar-refractivity contribution >= 4 is 11.9 Å². The second-order valence-corrected chi connectivity index (χ2v) is 4.26. The Morgan fingerprint density at radius 2 is 2.17 bits per heavy atom. The Morgan fingerprint density at radius 3 is 2.72 bits per heavy atom. The molecule has 7 nitrogen and oxygen atoms in total. The van der Waals surface area contributed by atoms with Crippen LogP contribution in [0.1, 0.15) is 23.3 Å². The first-order chi connectivity index (χ1) is 8.49. The third-order valence-electron chi connectivity index (χ3n) is 2.86. The van der Waals surface area contributed by atoms with Crippen LogP contribution < -0.4 is 5.56 Å². The van der Waals surface area contributed by atoms with Gasteiger partial charge in [-0.3, -0.25) is 9.59 Å². The van der Waals surface area contributed by atoms with Gasteiger partial charge in [0.25, 0.3) is 5.56 Å². The second-order valence-electron chi connectivity index (χ2n) is 4.26. The molecule has 1 aliphatic carbocycles. The topological polar surface area (TPSA) is 92.5 Å². The average molecular weight is 251 g/mol. The Morgan fingerprint density at radius 1 is 1.50 bits per heavy atom. The van der Waals surface area contributed by atoms with Crippen molar-refractivity contribution < 1.29 is 14.7 Å². The number of carbonyl (C=O) groups is 2. The van der Waals surface area contributed by atoms with E-state index in [0.717, 1.165) is 29.7 Å². The largest absolute Gasteiger partial charge is 0.476 e. The summed E-state index contributed by atoms with van der Waals surface area (Å²) >= 11 is 0. The third kappa shape index (κ3) is 2.55. The number of carboxylic acid groups (broad SMARTS) is 1. The van der Waals surface area contributed by atoms with Gasteiger partial charge >= 0.3 is 5.97 Å². The van der Waals surface area contributed by atoms with Crippen LogP contribution in [0.15, 0.2) is 16.9 Å². The van der Waals surface area contributed by atoms with Gasteiger partial charge in [0.15, 0.2) is 5.69 Å². The van der Waals surface area contributed by atoms with Crippen molar-refractivity contribution in [1.29, 1.82) is 0 Å². The normalized spacial score (nSPS) is 14.3. The average Bonchev–Trinajstić information content (AvgIpc) is 3.14. The van der Waals surface area contributed by atoms with Crippen LogP contribution in [0.5, 0.6) is 0 Å². The molecule has 0 radical (unpaired) electrons. The number of hydrogen-bond acceptors (Lipinski definition) is 4. The molecule has 0 unspecified atom stereocenters. The molecule has 1 fully saturated rings.